The molecule has 1 amide bonds. The molecule has 1 aliphatic rings. The Hall–Kier alpha value is -2.81. The van der Waals surface area contributed by atoms with E-state index in [9.17, 15) is 39.3 Å². The van der Waals surface area contributed by atoms with Crippen LogP contribution in [0.4, 0.5) is 0 Å². The van der Waals surface area contributed by atoms with Crippen LogP contribution in [0.1, 0.15) is 6.92 Å². The van der Waals surface area contributed by atoms with E-state index in [0.29, 0.717) is 6.54 Å². The normalized spacial score (nSPS) is 17.6. The van der Waals surface area contributed by atoms with Gasteiger partial charge in [-0.3, -0.25) is 43.6 Å². The smallest absolute Gasteiger partial charge is 0.317 e. The Balaban J connectivity index is 3.03. The Morgan fingerprint density at radius 2 is 0.941 bits per heavy atom. The fourth-order valence-electron chi connectivity index (χ4n) is 3.60. The molecule has 1 saturated heterocycles. The summed E-state index contributed by atoms with van der Waals surface area (Å²) in [5.41, 5.74) is 0. The summed E-state index contributed by atoms with van der Waals surface area (Å²) < 4.78 is 0. The maximum Gasteiger partial charge on any atom is 0.317 e. The lowest BCUT2D eigenvalue weighted by Crippen LogP contribution is -2.51. The summed E-state index contributed by atoms with van der Waals surface area (Å²) in [6, 6.07) is 0. The fourth-order valence-corrected chi connectivity index (χ4v) is 3.60. The molecule has 14 heteroatoms. The topological polar surface area (TPSA) is 182 Å². The van der Waals surface area contributed by atoms with Gasteiger partial charge in [0.1, 0.15) is 0 Å². The average Bonchev–Trinajstić information content (AvgIpc) is 2.71. The standard InChI is InChI=1S/C20H35N5O9/c1-2-21(12-17(27)28)11-16(26)25-9-7-23(14-19(31)32)5-3-22(13-18(29)30)4-6-24(8-10-25)15-20(33)34/h2-15H2,1H3,(H,27,28)(H,29,30)(H,31,32)(H,33,34). The van der Waals surface area contributed by atoms with Crippen LogP contribution in [0.25, 0.3) is 0 Å². The molecular weight excluding hydrogens is 454 g/mol. The Morgan fingerprint density at radius 1 is 0.588 bits per heavy atom. The van der Waals surface area contributed by atoms with Crippen LogP contribution in [-0.4, -0.2) is 166 Å². The number of carboxylic acids is 4. The molecule has 0 radical (unpaired) electrons. The molecule has 1 fully saturated rings. The van der Waals surface area contributed by atoms with E-state index >= 15 is 0 Å². The molecule has 1 heterocycles. The third kappa shape index (κ3) is 12.4. The number of aliphatic carboxylic acids is 4. The lowest BCUT2D eigenvalue weighted by Gasteiger charge is -2.33. The Bertz CT molecular complexity index is 689. The van der Waals surface area contributed by atoms with Crippen LogP contribution in [0.5, 0.6) is 0 Å². The fraction of sp³-hybridized carbons (Fsp3) is 0.750. The number of likely N-dealkylation sites (N-methyl/N-ethyl adjacent to an activating group) is 1. The van der Waals surface area contributed by atoms with Crippen molar-refractivity contribution in [3.8, 4) is 0 Å². The van der Waals surface area contributed by atoms with E-state index in [4.69, 9.17) is 5.11 Å². The zero-order valence-corrected chi connectivity index (χ0v) is 19.5. The van der Waals surface area contributed by atoms with Gasteiger partial charge in [-0.2, -0.15) is 0 Å². The molecule has 14 nitrogen and oxygen atoms in total. The number of carboxylic acid groups (broad SMARTS) is 4. The first-order valence-electron chi connectivity index (χ1n) is 11.0. The maximum atomic E-state index is 12.9. The second-order valence-electron chi connectivity index (χ2n) is 8.09. The molecule has 0 unspecified atom stereocenters. The van der Waals surface area contributed by atoms with Gasteiger partial charge in [-0.1, -0.05) is 6.92 Å². The van der Waals surface area contributed by atoms with Crippen LogP contribution < -0.4 is 0 Å². The monoisotopic (exact) mass is 489 g/mol. The SMILES string of the molecule is CCN(CC(=O)O)CC(=O)N1CCN(CC(=O)O)CCN(CC(=O)O)CCN(CC(=O)O)CC1. The summed E-state index contributed by atoms with van der Waals surface area (Å²) in [5, 5.41) is 36.7. The summed E-state index contributed by atoms with van der Waals surface area (Å²) in [7, 11) is 0. The van der Waals surface area contributed by atoms with Gasteiger partial charge in [0.25, 0.3) is 0 Å². The molecule has 0 aromatic rings. The second-order valence-corrected chi connectivity index (χ2v) is 8.09. The highest BCUT2D eigenvalue weighted by Crippen LogP contribution is 2.03. The molecule has 0 aromatic carbocycles. The van der Waals surface area contributed by atoms with Gasteiger partial charge in [0.2, 0.25) is 5.91 Å². The lowest BCUT2D eigenvalue weighted by atomic mass is 10.3. The van der Waals surface area contributed by atoms with E-state index in [1.165, 1.54) is 9.80 Å². The summed E-state index contributed by atoms with van der Waals surface area (Å²) in [5.74, 6) is -4.55. The highest BCUT2D eigenvalue weighted by Gasteiger charge is 2.23. The first kappa shape index (κ1) is 29.2. The summed E-state index contributed by atoms with van der Waals surface area (Å²) in [6.45, 7) is 2.60. The molecule has 34 heavy (non-hydrogen) atoms. The summed E-state index contributed by atoms with van der Waals surface area (Å²) in [4.78, 5) is 65.6. The van der Waals surface area contributed by atoms with Crippen molar-refractivity contribution in [2.24, 2.45) is 0 Å². The van der Waals surface area contributed by atoms with E-state index in [1.807, 2.05) is 0 Å². The molecule has 194 valence electrons. The third-order valence-electron chi connectivity index (χ3n) is 5.43. The van der Waals surface area contributed by atoms with Crippen molar-refractivity contribution in [1.82, 2.24) is 24.5 Å². The Kier molecular flexibility index (Phi) is 13.0. The van der Waals surface area contributed by atoms with Gasteiger partial charge >= 0.3 is 23.9 Å². The van der Waals surface area contributed by atoms with Crippen LogP contribution in [-0.2, 0) is 24.0 Å². The first-order chi connectivity index (χ1) is 16.0. The van der Waals surface area contributed by atoms with Gasteiger partial charge in [-0.15, -0.1) is 0 Å². The highest BCUT2D eigenvalue weighted by molar-refractivity contribution is 5.79. The van der Waals surface area contributed by atoms with E-state index in [2.05, 4.69) is 0 Å². The van der Waals surface area contributed by atoms with Crippen LogP contribution in [0.15, 0.2) is 0 Å². The van der Waals surface area contributed by atoms with Crippen LogP contribution in [0, 0.1) is 0 Å². The van der Waals surface area contributed by atoms with Gasteiger partial charge in [0.15, 0.2) is 0 Å². The largest absolute Gasteiger partial charge is 0.480 e. The predicted octanol–water partition coefficient (Wildman–Crippen LogP) is -2.61. The quantitative estimate of drug-likeness (QED) is 0.237. The number of amides is 1. The Morgan fingerprint density at radius 3 is 1.24 bits per heavy atom. The van der Waals surface area contributed by atoms with Crippen molar-refractivity contribution in [2.45, 2.75) is 6.92 Å². The zero-order chi connectivity index (χ0) is 25.7. The van der Waals surface area contributed by atoms with E-state index in [-0.39, 0.29) is 91.0 Å². The van der Waals surface area contributed by atoms with Crippen molar-refractivity contribution in [3.05, 3.63) is 0 Å². The zero-order valence-electron chi connectivity index (χ0n) is 19.5. The minimum absolute atomic E-state index is 0.132. The van der Waals surface area contributed by atoms with Crippen molar-refractivity contribution in [3.63, 3.8) is 0 Å². The summed E-state index contributed by atoms with van der Waals surface area (Å²) >= 11 is 0. The summed E-state index contributed by atoms with van der Waals surface area (Å²) in [6.07, 6.45) is 0. The number of rotatable bonds is 11. The number of carbonyl (C=O) groups excluding carboxylic acids is 1. The molecule has 0 aromatic heterocycles. The predicted molar refractivity (Wildman–Crippen MR) is 119 cm³/mol. The molecule has 0 saturated carbocycles. The molecular formula is C20H35N5O9. The van der Waals surface area contributed by atoms with Crippen molar-refractivity contribution in [2.75, 3.05) is 91.6 Å². The lowest BCUT2D eigenvalue weighted by molar-refractivity contribution is -0.141. The average molecular weight is 490 g/mol. The molecule has 1 aliphatic heterocycles. The van der Waals surface area contributed by atoms with E-state index in [0.717, 1.165) is 0 Å². The van der Waals surface area contributed by atoms with Crippen LogP contribution in [0.3, 0.4) is 0 Å². The molecule has 0 spiro atoms. The van der Waals surface area contributed by atoms with Crippen LogP contribution in [0.2, 0.25) is 0 Å². The maximum absolute atomic E-state index is 12.9. The molecule has 0 aliphatic carbocycles. The minimum atomic E-state index is -1.06. The molecule has 4 N–H and O–H groups in total. The number of hydrogen-bond acceptors (Lipinski definition) is 9. The van der Waals surface area contributed by atoms with Gasteiger partial charge in [-0.25, -0.2) is 0 Å². The van der Waals surface area contributed by atoms with E-state index < -0.39 is 23.9 Å². The number of nitrogens with zero attached hydrogens (tertiary/aromatic N) is 5. The van der Waals surface area contributed by atoms with Gasteiger partial charge in [0.05, 0.1) is 32.7 Å². The van der Waals surface area contributed by atoms with Gasteiger partial charge in [0, 0.05) is 52.4 Å². The van der Waals surface area contributed by atoms with Crippen molar-refractivity contribution < 1.29 is 44.4 Å². The molecule has 0 bridgehead atoms. The van der Waals surface area contributed by atoms with Crippen molar-refractivity contribution >= 4 is 29.8 Å². The van der Waals surface area contributed by atoms with Crippen LogP contribution >= 0.6 is 0 Å². The molecule has 0 atom stereocenters. The Labute approximate surface area is 197 Å². The van der Waals surface area contributed by atoms with Crippen molar-refractivity contribution in [1.29, 1.82) is 0 Å². The van der Waals surface area contributed by atoms with Gasteiger partial charge in [-0.05, 0) is 6.54 Å². The number of hydrogen-bond donors (Lipinski definition) is 4. The second kappa shape index (κ2) is 15.2. The minimum Gasteiger partial charge on any atom is -0.480 e. The van der Waals surface area contributed by atoms with Gasteiger partial charge < -0.3 is 25.3 Å². The molecule has 1 rings (SSSR count). The van der Waals surface area contributed by atoms with E-state index in [1.54, 1.807) is 21.6 Å². The first-order valence-corrected chi connectivity index (χ1v) is 11.0. The highest BCUT2D eigenvalue weighted by atomic mass is 16.4. The third-order valence-corrected chi connectivity index (χ3v) is 5.43. The number of carbonyl (C=O) groups is 5.